The molecule has 0 spiro atoms. The molecule has 56 heavy (non-hydrogen) atoms. The highest BCUT2D eigenvalue weighted by atomic mass is 16.7. The third-order valence-electron chi connectivity index (χ3n) is 17.4. The van der Waals surface area contributed by atoms with Gasteiger partial charge in [0.05, 0.1) is 18.1 Å². The summed E-state index contributed by atoms with van der Waals surface area (Å²) in [6.07, 6.45) is -5.30. The minimum Gasteiger partial charge on any atom is -0.479 e. The van der Waals surface area contributed by atoms with E-state index in [4.69, 9.17) is 18.9 Å². The summed E-state index contributed by atoms with van der Waals surface area (Å²) >= 11 is 0. The van der Waals surface area contributed by atoms with Crippen LogP contribution in [0.3, 0.4) is 0 Å². The summed E-state index contributed by atoms with van der Waals surface area (Å²) in [4.78, 5) is 25.8. The molecule has 2 aliphatic heterocycles. The van der Waals surface area contributed by atoms with E-state index in [9.17, 15) is 50.4 Å². The molecule has 0 amide bonds. The summed E-state index contributed by atoms with van der Waals surface area (Å²) in [5, 5.41) is 81.9. The SMILES string of the molecule is CC1(C)[C@@H](O[C@@H]2O[C@H](C(=O)O)[C@@H](O)[C@H](O)[C@H]2O)CC[C@]2(C)[C@H]3CC=C4[C@@H]5C[C@](C)(C(=O)O[C@@H]6O[C@H](CO)[C@@H](O)[C@H](O)[C@H]6O)CC[C@]5(C)CC[C@@]4(C)[C@]3(C)CC[C@@H]12. The van der Waals surface area contributed by atoms with Crippen molar-refractivity contribution in [2.45, 2.75) is 180 Å². The van der Waals surface area contributed by atoms with Gasteiger partial charge in [-0.05, 0) is 116 Å². The van der Waals surface area contributed by atoms with E-state index in [1.165, 1.54) is 5.57 Å². The van der Waals surface area contributed by atoms with E-state index in [0.29, 0.717) is 25.2 Å². The van der Waals surface area contributed by atoms with Crippen molar-refractivity contribution in [3.8, 4) is 0 Å². The van der Waals surface area contributed by atoms with E-state index in [1.54, 1.807) is 0 Å². The molecule has 0 aromatic carbocycles. The molecule has 0 aromatic rings. The number of rotatable bonds is 6. The van der Waals surface area contributed by atoms with Crippen LogP contribution in [0.4, 0.5) is 0 Å². The standard InChI is InChI=1S/C42H66O14/c1-37(2)23-10-13-42(7)24(40(23,5)12-11-25(37)54-35-31(49)28(46)29(47)32(55-35)33(50)51)9-8-20-21-18-39(4,15-14-38(21,3)16-17-41(20,42)6)36(52)56-34-30(48)27(45)26(44)22(19-43)53-34/h8,21-32,34-35,43-49H,9-19H2,1-7H3,(H,50,51)/t21-,22+,23-,24+,25-,26+,27-,28-,29-,30+,31+,32-,34-,35+,38+,39+,40-,41+,42+/m0/s1. The largest absolute Gasteiger partial charge is 0.479 e. The van der Waals surface area contributed by atoms with Gasteiger partial charge in [0, 0.05) is 0 Å². The van der Waals surface area contributed by atoms with Gasteiger partial charge in [0.2, 0.25) is 6.29 Å². The lowest BCUT2D eigenvalue weighted by atomic mass is 9.33. The van der Waals surface area contributed by atoms with Crippen molar-refractivity contribution in [1.82, 2.24) is 0 Å². The molecule has 2 heterocycles. The molecule has 8 N–H and O–H groups in total. The number of carbonyl (C=O) groups is 2. The Labute approximate surface area is 329 Å². The van der Waals surface area contributed by atoms with Crippen LogP contribution < -0.4 is 0 Å². The summed E-state index contributed by atoms with van der Waals surface area (Å²) in [6, 6.07) is 0. The van der Waals surface area contributed by atoms with Crippen molar-refractivity contribution in [3.63, 3.8) is 0 Å². The Hall–Kier alpha value is -1.72. The summed E-state index contributed by atoms with van der Waals surface area (Å²) in [5.74, 6) is -1.26. The second-order valence-electron chi connectivity index (χ2n) is 20.6. The number of fused-ring (bicyclic) bond motifs is 7. The Kier molecular flexibility index (Phi) is 10.8. The van der Waals surface area contributed by atoms with Gasteiger partial charge in [-0.2, -0.15) is 0 Å². The Morgan fingerprint density at radius 2 is 1.39 bits per heavy atom. The molecule has 0 radical (unpaired) electrons. The Morgan fingerprint density at radius 3 is 2.05 bits per heavy atom. The van der Waals surface area contributed by atoms with E-state index in [-0.39, 0.29) is 45.0 Å². The Bertz CT molecular complexity index is 1570. The number of hydrogen-bond acceptors (Lipinski definition) is 13. The van der Waals surface area contributed by atoms with Crippen LogP contribution in [0.1, 0.15) is 113 Å². The number of carbonyl (C=O) groups excluding carboxylic acids is 1. The molecule has 0 bridgehead atoms. The minimum atomic E-state index is -1.78. The first-order chi connectivity index (χ1) is 26.0. The summed E-state index contributed by atoms with van der Waals surface area (Å²) in [5.41, 5.74) is -0.106. The molecular weight excluding hydrogens is 728 g/mol. The number of aliphatic hydroxyl groups is 7. The third-order valence-corrected chi connectivity index (χ3v) is 17.4. The Morgan fingerprint density at radius 1 is 0.750 bits per heavy atom. The van der Waals surface area contributed by atoms with Crippen LogP contribution in [0, 0.1) is 50.2 Å². The van der Waals surface area contributed by atoms with E-state index >= 15 is 0 Å². The lowest BCUT2D eigenvalue weighted by Gasteiger charge is -2.71. The number of esters is 1. The first kappa shape index (κ1) is 42.4. The molecular formula is C42H66O14. The summed E-state index contributed by atoms with van der Waals surface area (Å²) < 4.78 is 23.2. The first-order valence-corrected chi connectivity index (χ1v) is 20.8. The number of carboxylic acids is 1. The number of aliphatic hydroxyl groups excluding tert-OH is 7. The molecule has 7 aliphatic rings. The maximum Gasteiger partial charge on any atom is 0.335 e. The molecule has 19 atom stereocenters. The van der Waals surface area contributed by atoms with Crippen molar-refractivity contribution < 1.29 is 69.4 Å². The van der Waals surface area contributed by atoms with Gasteiger partial charge in [-0.15, -0.1) is 0 Å². The van der Waals surface area contributed by atoms with Gasteiger partial charge < -0.3 is 59.8 Å². The average Bonchev–Trinajstić information content (AvgIpc) is 3.13. The van der Waals surface area contributed by atoms with Crippen LogP contribution in [-0.2, 0) is 28.5 Å². The topological polar surface area (TPSA) is 233 Å². The first-order valence-electron chi connectivity index (χ1n) is 20.8. The molecule has 2 saturated heterocycles. The van der Waals surface area contributed by atoms with Crippen LogP contribution >= 0.6 is 0 Å². The Balaban J connectivity index is 1.11. The second-order valence-corrected chi connectivity index (χ2v) is 20.6. The zero-order chi connectivity index (χ0) is 41.1. The van der Waals surface area contributed by atoms with Crippen molar-refractivity contribution in [3.05, 3.63) is 11.6 Å². The fourth-order valence-corrected chi connectivity index (χ4v) is 13.5. The lowest BCUT2D eigenvalue weighted by Crippen LogP contribution is -2.66. The predicted octanol–water partition coefficient (Wildman–Crippen LogP) is 2.41. The van der Waals surface area contributed by atoms with Crippen molar-refractivity contribution in [1.29, 1.82) is 0 Å². The number of aliphatic carboxylic acids is 1. The van der Waals surface area contributed by atoms with Crippen LogP contribution in [0.25, 0.3) is 0 Å². The van der Waals surface area contributed by atoms with E-state index in [0.717, 1.165) is 44.9 Å². The van der Waals surface area contributed by atoms with Gasteiger partial charge in [-0.3, -0.25) is 4.79 Å². The fourth-order valence-electron chi connectivity index (χ4n) is 13.5. The maximum atomic E-state index is 14.0. The van der Waals surface area contributed by atoms with Gasteiger partial charge in [0.25, 0.3) is 0 Å². The molecule has 14 heteroatoms. The van der Waals surface area contributed by atoms with Gasteiger partial charge in [-0.1, -0.05) is 53.2 Å². The molecule has 6 fully saturated rings. The zero-order valence-corrected chi connectivity index (χ0v) is 34.0. The predicted molar refractivity (Wildman–Crippen MR) is 198 cm³/mol. The van der Waals surface area contributed by atoms with E-state index in [2.05, 4.69) is 47.6 Å². The number of ether oxygens (including phenoxy) is 4. The maximum absolute atomic E-state index is 14.0. The number of hydrogen-bond donors (Lipinski definition) is 8. The van der Waals surface area contributed by atoms with Gasteiger partial charge in [0.15, 0.2) is 12.4 Å². The third kappa shape index (κ3) is 6.17. The molecule has 14 nitrogen and oxygen atoms in total. The monoisotopic (exact) mass is 794 g/mol. The highest BCUT2D eigenvalue weighted by molar-refractivity contribution is 5.77. The summed E-state index contributed by atoms with van der Waals surface area (Å²) in [6.45, 7) is 15.4. The normalized spacial score (nSPS) is 54.0. The van der Waals surface area contributed by atoms with Gasteiger partial charge in [0.1, 0.15) is 42.7 Å². The van der Waals surface area contributed by atoms with Crippen LogP contribution in [-0.4, -0.2) is 127 Å². The molecule has 0 aromatic heterocycles. The molecule has 7 rings (SSSR count). The van der Waals surface area contributed by atoms with Crippen molar-refractivity contribution >= 4 is 11.9 Å². The average molecular weight is 795 g/mol. The fraction of sp³-hybridized carbons (Fsp3) is 0.905. The van der Waals surface area contributed by atoms with E-state index in [1.807, 2.05) is 6.92 Å². The minimum absolute atomic E-state index is 0.00894. The lowest BCUT2D eigenvalue weighted by molar-refractivity contribution is -0.324. The zero-order valence-electron chi connectivity index (χ0n) is 34.0. The van der Waals surface area contributed by atoms with Crippen LogP contribution in [0.2, 0.25) is 0 Å². The molecule has 5 aliphatic carbocycles. The van der Waals surface area contributed by atoms with Gasteiger partial charge in [-0.25, -0.2) is 4.79 Å². The number of allylic oxidation sites excluding steroid dienone is 2. The molecule has 4 saturated carbocycles. The quantitative estimate of drug-likeness (QED) is 0.110. The van der Waals surface area contributed by atoms with Crippen LogP contribution in [0.15, 0.2) is 11.6 Å². The van der Waals surface area contributed by atoms with Gasteiger partial charge >= 0.3 is 11.9 Å². The van der Waals surface area contributed by atoms with E-state index < -0.39 is 85.4 Å². The highest BCUT2D eigenvalue weighted by Gasteiger charge is 2.69. The van der Waals surface area contributed by atoms with Crippen LogP contribution in [0.5, 0.6) is 0 Å². The van der Waals surface area contributed by atoms with Crippen molar-refractivity contribution in [2.75, 3.05) is 6.61 Å². The summed E-state index contributed by atoms with van der Waals surface area (Å²) in [7, 11) is 0. The van der Waals surface area contributed by atoms with Crippen molar-refractivity contribution in [2.24, 2.45) is 50.2 Å². The number of carboxylic acid groups (broad SMARTS) is 1. The molecule has 318 valence electrons. The smallest absolute Gasteiger partial charge is 0.335 e. The molecule has 0 unspecified atom stereocenters. The highest BCUT2D eigenvalue weighted by Crippen LogP contribution is 2.76. The second kappa shape index (κ2) is 14.2.